The predicted octanol–water partition coefficient (Wildman–Crippen LogP) is 3.21. The molecule has 2 aromatic carbocycles. The number of carbonyl (C=O) groups is 1. The summed E-state index contributed by atoms with van der Waals surface area (Å²) in [4.78, 5) is 16.6. The van der Waals surface area contributed by atoms with Gasteiger partial charge in [-0.3, -0.25) is 15.1 Å². The van der Waals surface area contributed by atoms with Gasteiger partial charge in [0.2, 0.25) is 0 Å². The van der Waals surface area contributed by atoms with Gasteiger partial charge < -0.3 is 16.0 Å². The van der Waals surface area contributed by atoms with E-state index in [1.165, 1.54) is 12.6 Å². The van der Waals surface area contributed by atoms with Crippen LogP contribution in [0.2, 0.25) is 0 Å². The zero-order valence-electron chi connectivity index (χ0n) is 14.5. The van der Waals surface area contributed by atoms with E-state index in [-0.39, 0.29) is 24.3 Å². The molecule has 0 aliphatic carbocycles. The number of nitrogens with one attached hydrogen (secondary N) is 3. The molecule has 0 atom stereocenters. The molecule has 0 bridgehead atoms. The Morgan fingerprint density at radius 1 is 1.19 bits per heavy atom. The first kappa shape index (κ1) is 19.3. The zero-order valence-corrected chi connectivity index (χ0v) is 15.3. The Kier molecular flexibility index (Phi) is 6.25. The molecule has 0 aliphatic rings. The van der Waals surface area contributed by atoms with E-state index in [2.05, 4.69) is 22.4 Å². The molecular weight excluding hydrogens is 350 g/mol. The Bertz CT molecular complexity index is 907. The van der Waals surface area contributed by atoms with Gasteiger partial charge in [0.05, 0.1) is 11.2 Å². The molecule has 26 heavy (non-hydrogen) atoms. The minimum Gasteiger partial charge on any atom is -0.383 e. The maximum absolute atomic E-state index is 12.3. The normalized spacial score (nSPS) is 10.2. The van der Waals surface area contributed by atoms with Gasteiger partial charge in [-0.15, -0.1) is 12.4 Å². The lowest BCUT2D eigenvalue weighted by Crippen LogP contribution is -2.38. The lowest BCUT2D eigenvalue weighted by atomic mass is 10.1. The number of nitrogens with two attached hydrogens (primary N) is 1. The molecule has 0 aliphatic heterocycles. The van der Waals surface area contributed by atoms with E-state index in [0.29, 0.717) is 5.69 Å². The fourth-order valence-corrected chi connectivity index (χ4v) is 2.69. The second-order valence-electron chi connectivity index (χ2n) is 5.86. The van der Waals surface area contributed by atoms with E-state index in [4.69, 9.17) is 11.1 Å². The topological polar surface area (TPSA) is 98.0 Å². The van der Waals surface area contributed by atoms with E-state index in [9.17, 15) is 4.79 Å². The maximum Gasteiger partial charge on any atom is 0.276 e. The molecule has 0 unspecified atom stereocenters. The molecule has 0 fully saturated rings. The number of rotatable bonds is 5. The summed E-state index contributed by atoms with van der Waals surface area (Å²) in [6.45, 7) is 0.790. The Balaban J connectivity index is 0.00000243. The van der Waals surface area contributed by atoms with Gasteiger partial charge in [0.25, 0.3) is 5.91 Å². The SMILES string of the molecule is CN(C(=N)N)C(=O)c1cc2cccc(NCCc3ccccc3)c2[nH]1.Cl. The van der Waals surface area contributed by atoms with E-state index in [0.717, 1.165) is 34.5 Å². The van der Waals surface area contributed by atoms with Crippen molar-refractivity contribution in [3.8, 4) is 0 Å². The fourth-order valence-electron chi connectivity index (χ4n) is 2.69. The molecule has 0 saturated heterocycles. The standard InChI is InChI=1S/C19H21N5O.ClH/c1-24(19(20)21)18(25)16-12-14-8-5-9-15(17(14)23-16)22-11-10-13-6-3-2-4-7-13;/h2-9,12,22-23H,10-11H2,1H3,(H3,20,21);1H. The highest BCUT2D eigenvalue weighted by Gasteiger charge is 2.17. The van der Waals surface area contributed by atoms with Gasteiger partial charge in [-0.05, 0) is 24.1 Å². The van der Waals surface area contributed by atoms with Crippen LogP contribution in [-0.4, -0.2) is 35.3 Å². The number of carbonyl (C=O) groups excluding carboxylic acids is 1. The Hall–Kier alpha value is -2.99. The summed E-state index contributed by atoms with van der Waals surface area (Å²) in [6, 6.07) is 17.9. The van der Waals surface area contributed by atoms with Crippen molar-refractivity contribution >= 4 is 40.9 Å². The van der Waals surface area contributed by atoms with Crippen LogP contribution in [0.15, 0.2) is 54.6 Å². The summed E-state index contributed by atoms with van der Waals surface area (Å²) in [7, 11) is 1.48. The van der Waals surface area contributed by atoms with Gasteiger partial charge in [0.15, 0.2) is 5.96 Å². The van der Waals surface area contributed by atoms with E-state index in [1.807, 2.05) is 36.4 Å². The van der Waals surface area contributed by atoms with Crippen molar-refractivity contribution < 1.29 is 4.79 Å². The average Bonchev–Trinajstić information content (AvgIpc) is 3.06. The van der Waals surface area contributed by atoms with Gasteiger partial charge in [-0.2, -0.15) is 0 Å². The number of aromatic nitrogens is 1. The van der Waals surface area contributed by atoms with Crippen molar-refractivity contribution in [3.63, 3.8) is 0 Å². The molecular formula is C19H22ClN5O. The largest absolute Gasteiger partial charge is 0.383 e. The van der Waals surface area contributed by atoms with Gasteiger partial charge in [-0.25, -0.2) is 0 Å². The number of amides is 1. The second kappa shape index (κ2) is 8.40. The van der Waals surface area contributed by atoms with Crippen LogP contribution in [0.3, 0.4) is 0 Å². The summed E-state index contributed by atoms with van der Waals surface area (Å²) >= 11 is 0. The first-order valence-electron chi connectivity index (χ1n) is 8.08. The van der Waals surface area contributed by atoms with Crippen LogP contribution in [0.5, 0.6) is 0 Å². The molecule has 1 amide bonds. The second-order valence-corrected chi connectivity index (χ2v) is 5.86. The summed E-state index contributed by atoms with van der Waals surface area (Å²) in [5.41, 5.74) is 8.87. The number of halogens is 1. The molecule has 3 aromatic rings. The molecule has 0 saturated carbocycles. The molecule has 3 rings (SSSR count). The van der Waals surface area contributed by atoms with Crippen molar-refractivity contribution in [2.24, 2.45) is 5.73 Å². The number of hydrogen-bond acceptors (Lipinski definition) is 3. The quantitative estimate of drug-likeness (QED) is 0.409. The van der Waals surface area contributed by atoms with Crippen LogP contribution in [0.4, 0.5) is 5.69 Å². The average molecular weight is 372 g/mol. The van der Waals surface area contributed by atoms with E-state index >= 15 is 0 Å². The highest BCUT2D eigenvalue weighted by Crippen LogP contribution is 2.24. The first-order chi connectivity index (χ1) is 12.1. The van der Waals surface area contributed by atoms with Crippen molar-refractivity contribution in [1.29, 1.82) is 5.41 Å². The highest BCUT2D eigenvalue weighted by molar-refractivity contribution is 6.06. The molecule has 0 spiro atoms. The van der Waals surface area contributed by atoms with Crippen LogP contribution >= 0.6 is 12.4 Å². The number of nitrogens with zero attached hydrogens (tertiary/aromatic N) is 1. The Morgan fingerprint density at radius 3 is 2.62 bits per heavy atom. The number of guanidine groups is 1. The number of benzene rings is 2. The third-order valence-corrected chi connectivity index (χ3v) is 4.12. The number of para-hydroxylation sites is 1. The Labute approximate surface area is 158 Å². The van der Waals surface area contributed by atoms with Crippen LogP contribution in [0.1, 0.15) is 16.1 Å². The number of hydrogen-bond donors (Lipinski definition) is 4. The molecule has 7 heteroatoms. The van der Waals surface area contributed by atoms with Crippen LogP contribution in [-0.2, 0) is 6.42 Å². The third-order valence-electron chi connectivity index (χ3n) is 4.12. The number of H-pyrrole nitrogens is 1. The van der Waals surface area contributed by atoms with Crippen molar-refractivity contribution in [3.05, 3.63) is 65.9 Å². The van der Waals surface area contributed by atoms with Crippen molar-refractivity contribution in [2.75, 3.05) is 18.9 Å². The maximum atomic E-state index is 12.3. The van der Waals surface area contributed by atoms with Crippen LogP contribution in [0, 0.1) is 5.41 Å². The van der Waals surface area contributed by atoms with Crippen LogP contribution < -0.4 is 11.1 Å². The van der Waals surface area contributed by atoms with Crippen LogP contribution in [0.25, 0.3) is 10.9 Å². The molecule has 5 N–H and O–H groups in total. The molecule has 1 aromatic heterocycles. The molecule has 1 heterocycles. The van der Waals surface area contributed by atoms with Gasteiger partial charge >= 0.3 is 0 Å². The van der Waals surface area contributed by atoms with Gasteiger partial charge in [0, 0.05) is 19.0 Å². The summed E-state index contributed by atoms with van der Waals surface area (Å²) < 4.78 is 0. The predicted molar refractivity (Wildman–Crippen MR) is 108 cm³/mol. The Morgan fingerprint density at radius 2 is 1.92 bits per heavy atom. The fraction of sp³-hybridized carbons (Fsp3) is 0.158. The zero-order chi connectivity index (χ0) is 17.8. The monoisotopic (exact) mass is 371 g/mol. The number of fused-ring (bicyclic) bond motifs is 1. The summed E-state index contributed by atoms with van der Waals surface area (Å²) in [5, 5.41) is 11.7. The number of aromatic amines is 1. The van der Waals surface area contributed by atoms with E-state index in [1.54, 1.807) is 6.07 Å². The minimum absolute atomic E-state index is 0. The highest BCUT2D eigenvalue weighted by atomic mass is 35.5. The number of anilines is 1. The molecule has 0 radical (unpaired) electrons. The smallest absolute Gasteiger partial charge is 0.276 e. The first-order valence-corrected chi connectivity index (χ1v) is 8.08. The van der Waals surface area contributed by atoms with Crippen molar-refractivity contribution in [1.82, 2.24) is 9.88 Å². The van der Waals surface area contributed by atoms with Gasteiger partial charge in [0.1, 0.15) is 5.69 Å². The molecule has 136 valence electrons. The van der Waals surface area contributed by atoms with Gasteiger partial charge in [-0.1, -0.05) is 42.5 Å². The lowest BCUT2D eigenvalue weighted by Gasteiger charge is -2.13. The van der Waals surface area contributed by atoms with Crippen molar-refractivity contribution in [2.45, 2.75) is 6.42 Å². The summed E-state index contributed by atoms with van der Waals surface area (Å²) in [6.07, 6.45) is 0.913. The summed E-state index contributed by atoms with van der Waals surface area (Å²) in [5.74, 6) is -0.621. The minimum atomic E-state index is -0.334. The lowest BCUT2D eigenvalue weighted by molar-refractivity contribution is 0.0864. The molecule has 6 nitrogen and oxygen atoms in total. The third kappa shape index (κ3) is 4.15. The van der Waals surface area contributed by atoms with E-state index < -0.39 is 0 Å².